The van der Waals surface area contributed by atoms with Gasteiger partial charge in [0.1, 0.15) is 6.04 Å². The molecule has 178 valence electrons. The molecular formula is C24H30N2O6S. The molecule has 1 heterocycles. The summed E-state index contributed by atoms with van der Waals surface area (Å²) in [5.74, 6) is -1.58. The number of aryl methyl sites for hydroxylation is 1. The van der Waals surface area contributed by atoms with E-state index in [0.29, 0.717) is 31.9 Å². The Morgan fingerprint density at radius 2 is 1.61 bits per heavy atom. The largest absolute Gasteiger partial charge is 0.446 e. The predicted molar refractivity (Wildman–Crippen MR) is 123 cm³/mol. The number of nitrogens with one attached hydrogen (secondary N) is 1. The Balaban J connectivity index is 1.83. The molecule has 9 heteroatoms. The van der Waals surface area contributed by atoms with Crippen LogP contribution in [0.5, 0.6) is 0 Å². The van der Waals surface area contributed by atoms with Crippen molar-refractivity contribution in [3.8, 4) is 0 Å². The summed E-state index contributed by atoms with van der Waals surface area (Å²) in [6.07, 6.45) is -1.18. The molecule has 0 radical (unpaired) electrons. The molecule has 0 aromatic heterocycles. The molecule has 0 spiro atoms. The maximum atomic E-state index is 13.2. The number of nitrogens with zero attached hydrogens (tertiary/aromatic N) is 1. The highest BCUT2D eigenvalue weighted by Gasteiger charge is 2.35. The first-order chi connectivity index (χ1) is 15.7. The Bertz CT molecular complexity index is 1050. The predicted octanol–water partition coefficient (Wildman–Crippen LogP) is 2.44. The fraction of sp³-hybridized carbons (Fsp3) is 0.417. The lowest BCUT2D eigenvalue weighted by atomic mass is 10.0. The van der Waals surface area contributed by atoms with Gasteiger partial charge in [-0.05, 0) is 25.0 Å². The molecule has 8 nitrogen and oxygen atoms in total. The van der Waals surface area contributed by atoms with Crippen LogP contribution in [-0.4, -0.2) is 57.5 Å². The van der Waals surface area contributed by atoms with E-state index in [0.717, 1.165) is 5.56 Å². The van der Waals surface area contributed by atoms with E-state index >= 15 is 0 Å². The van der Waals surface area contributed by atoms with Gasteiger partial charge in [-0.3, -0.25) is 9.59 Å². The fourth-order valence-electron chi connectivity index (χ4n) is 3.44. The third-order valence-electron chi connectivity index (χ3n) is 5.42. The lowest BCUT2D eigenvalue weighted by Crippen LogP contribution is -2.48. The number of amides is 1. The van der Waals surface area contributed by atoms with Gasteiger partial charge in [0.25, 0.3) is 5.91 Å². The second-order valence-electron chi connectivity index (χ2n) is 8.32. The van der Waals surface area contributed by atoms with Crippen molar-refractivity contribution in [2.24, 2.45) is 5.92 Å². The van der Waals surface area contributed by atoms with Crippen LogP contribution < -0.4 is 4.72 Å². The molecule has 1 saturated heterocycles. The van der Waals surface area contributed by atoms with Gasteiger partial charge in [0.15, 0.2) is 0 Å². The molecule has 2 aromatic rings. The summed E-state index contributed by atoms with van der Waals surface area (Å²) in [4.78, 5) is 28.0. The van der Waals surface area contributed by atoms with Crippen LogP contribution in [0.15, 0.2) is 59.5 Å². The number of benzene rings is 2. The van der Waals surface area contributed by atoms with E-state index in [1.807, 2.05) is 6.92 Å². The van der Waals surface area contributed by atoms with Gasteiger partial charge in [-0.1, -0.05) is 61.9 Å². The zero-order valence-electron chi connectivity index (χ0n) is 19.1. The molecule has 0 bridgehead atoms. The monoisotopic (exact) mass is 474 g/mol. The third kappa shape index (κ3) is 6.40. The van der Waals surface area contributed by atoms with Gasteiger partial charge in [0, 0.05) is 18.7 Å². The zero-order chi connectivity index (χ0) is 24.0. The van der Waals surface area contributed by atoms with Crippen molar-refractivity contribution < 1.29 is 27.5 Å². The lowest BCUT2D eigenvalue weighted by Gasteiger charge is -2.31. The average molecular weight is 475 g/mol. The third-order valence-corrected chi connectivity index (χ3v) is 6.87. The summed E-state index contributed by atoms with van der Waals surface area (Å²) in [5.41, 5.74) is 1.44. The molecule has 0 saturated carbocycles. The van der Waals surface area contributed by atoms with Gasteiger partial charge >= 0.3 is 5.97 Å². The van der Waals surface area contributed by atoms with E-state index < -0.39 is 34.1 Å². The molecule has 2 atom stereocenters. The average Bonchev–Trinajstić information content (AvgIpc) is 2.81. The van der Waals surface area contributed by atoms with Gasteiger partial charge in [0.05, 0.1) is 18.1 Å². The van der Waals surface area contributed by atoms with Crippen LogP contribution in [0.3, 0.4) is 0 Å². The summed E-state index contributed by atoms with van der Waals surface area (Å²) >= 11 is 0. The Hall–Kier alpha value is -2.75. The molecule has 33 heavy (non-hydrogen) atoms. The van der Waals surface area contributed by atoms with E-state index in [9.17, 15) is 18.0 Å². The summed E-state index contributed by atoms with van der Waals surface area (Å²) in [6, 6.07) is 13.9. The minimum Gasteiger partial charge on any atom is -0.446 e. The molecule has 1 aliphatic heterocycles. The highest BCUT2D eigenvalue weighted by molar-refractivity contribution is 7.89. The number of morpholine rings is 1. The first-order valence-corrected chi connectivity index (χ1v) is 12.4. The quantitative estimate of drug-likeness (QED) is 0.590. The molecule has 2 aromatic carbocycles. The summed E-state index contributed by atoms with van der Waals surface area (Å²) in [5, 5.41) is 0. The molecule has 1 amide bonds. The van der Waals surface area contributed by atoms with Crippen molar-refractivity contribution in [1.29, 1.82) is 0 Å². The Morgan fingerprint density at radius 1 is 1.00 bits per heavy atom. The first-order valence-electron chi connectivity index (χ1n) is 10.9. The molecule has 3 rings (SSSR count). The zero-order valence-corrected chi connectivity index (χ0v) is 19.9. The Kier molecular flexibility index (Phi) is 8.23. The van der Waals surface area contributed by atoms with Crippen LogP contribution in [0.1, 0.15) is 31.1 Å². The van der Waals surface area contributed by atoms with Crippen LogP contribution in [-0.2, 0) is 29.1 Å². The van der Waals surface area contributed by atoms with Gasteiger partial charge in [-0.15, -0.1) is 0 Å². The number of esters is 1. The lowest BCUT2D eigenvalue weighted by molar-refractivity contribution is -0.164. The number of hydrogen-bond donors (Lipinski definition) is 1. The van der Waals surface area contributed by atoms with Gasteiger partial charge in [-0.25, -0.2) is 8.42 Å². The highest BCUT2D eigenvalue weighted by atomic mass is 32.2. The number of carbonyl (C=O) groups excluding carboxylic acids is 2. The molecule has 1 aliphatic rings. The van der Waals surface area contributed by atoms with Crippen LogP contribution in [0, 0.1) is 12.8 Å². The summed E-state index contributed by atoms with van der Waals surface area (Å²) in [6.45, 7) is 6.89. The van der Waals surface area contributed by atoms with Crippen LogP contribution in [0.4, 0.5) is 0 Å². The Labute approximate surface area is 194 Å². The maximum absolute atomic E-state index is 13.2. The van der Waals surface area contributed by atoms with Crippen LogP contribution >= 0.6 is 0 Å². The minimum absolute atomic E-state index is 0.0514. The van der Waals surface area contributed by atoms with E-state index in [4.69, 9.17) is 9.47 Å². The molecule has 0 aliphatic carbocycles. The smallest absolute Gasteiger partial charge is 0.325 e. The van der Waals surface area contributed by atoms with Gasteiger partial charge < -0.3 is 14.4 Å². The normalized spacial score (nSPS) is 16.3. The van der Waals surface area contributed by atoms with Crippen molar-refractivity contribution in [2.45, 2.75) is 37.8 Å². The van der Waals surface area contributed by atoms with Crippen molar-refractivity contribution in [3.05, 3.63) is 65.7 Å². The summed E-state index contributed by atoms with van der Waals surface area (Å²) in [7, 11) is -3.97. The second kappa shape index (κ2) is 10.9. The number of ether oxygens (including phenoxy) is 2. The van der Waals surface area contributed by atoms with Gasteiger partial charge in [0.2, 0.25) is 16.1 Å². The maximum Gasteiger partial charge on any atom is 0.325 e. The van der Waals surface area contributed by atoms with Crippen LogP contribution in [0.2, 0.25) is 0 Å². The van der Waals surface area contributed by atoms with E-state index in [1.54, 1.807) is 61.2 Å². The number of rotatable bonds is 8. The van der Waals surface area contributed by atoms with E-state index in [-0.39, 0.29) is 10.8 Å². The number of sulfonamides is 1. The summed E-state index contributed by atoms with van der Waals surface area (Å²) < 4.78 is 39.2. The Morgan fingerprint density at radius 3 is 2.18 bits per heavy atom. The highest BCUT2D eigenvalue weighted by Crippen LogP contribution is 2.23. The number of carbonyl (C=O) groups is 2. The SMILES string of the molecule is Cc1ccc(S(=O)(=O)NC(C(=O)OC(C(=O)N2CCOCC2)c2ccccc2)C(C)C)cc1. The molecule has 1 fully saturated rings. The fourth-order valence-corrected chi connectivity index (χ4v) is 4.77. The van der Waals surface area contributed by atoms with Crippen molar-refractivity contribution in [1.82, 2.24) is 9.62 Å². The topological polar surface area (TPSA) is 102 Å². The van der Waals surface area contributed by atoms with E-state index in [2.05, 4.69) is 4.72 Å². The van der Waals surface area contributed by atoms with Crippen molar-refractivity contribution in [3.63, 3.8) is 0 Å². The van der Waals surface area contributed by atoms with Crippen molar-refractivity contribution in [2.75, 3.05) is 26.3 Å². The van der Waals surface area contributed by atoms with E-state index in [1.165, 1.54) is 12.1 Å². The first kappa shape index (κ1) is 24.9. The second-order valence-corrected chi connectivity index (χ2v) is 10.0. The molecular weight excluding hydrogens is 444 g/mol. The van der Waals surface area contributed by atoms with Crippen LogP contribution in [0.25, 0.3) is 0 Å². The minimum atomic E-state index is -3.97. The number of hydrogen-bond acceptors (Lipinski definition) is 6. The molecule has 1 N–H and O–H groups in total. The van der Waals surface area contributed by atoms with Crippen molar-refractivity contribution >= 4 is 21.9 Å². The van der Waals surface area contributed by atoms with Gasteiger partial charge in [-0.2, -0.15) is 4.72 Å². The molecule has 2 unspecified atom stereocenters. The standard InChI is InChI=1S/C24H30N2O6S/c1-17(2)21(25-33(29,30)20-11-9-18(3)10-12-20)24(28)32-22(19-7-5-4-6-8-19)23(27)26-13-15-31-16-14-26/h4-12,17,21-22,25H,13-16H2,1-3H3.